The molecule has 0 spiro atoms. The molecule has 1 amide bonds. The monoisotopic (exact) mass is 390 g/mol. The summed E-state index contributed by atoms with van der Waals surface area (Å²) in [5, 5.41) is 4.21. The summed E-state index contributed by atoms with van der Waals surface area (Å²) in [4.78, 5) is 27.2. The van der Waals surface area contributed by atoms with E-state index in [1.54, 1.807) is 18.6 Å². The molecule has 150 valence electrons. The number of hydrogen-bond acceptors (Lipinski definition) is 5. The first-order valence-electron chi connectivity index (χ1n) is 10.6. The van der Waals surface area contributed by atoms with Crippen molar-refractivity contribution in [2.24, 2.45) is 5.10 Å². The summed E-state index contributed by atoms with van der Waals surface area (Å²) in [7, 11) is 0. The van der Waals surface area contributed by atoms with Gasteiger partial charge in [-0.2, -0.15) is 5.10 Å². The van der Waals surface area contributed by atoms with Gasteiger partial charge in [0.2, 0.25) is 0 Å². The predicted octanol–water partition coefficient (Wildman–Crippen LogP) is 2.59. The highest BCUT2D eigenvalue weighted by Gasteiger charge is 2.27. The molecular formula is C22H26N6O. The number of aromatic amines is 1. The lowest BCUT2D eigenvalue weighted by atomic mass is 9.93. The van der Waals surface area contributed by atoms with Gasteiger partial charge in [0.1, 0.15) is 11.4 Å². The number of likely N-dealkylation sites (tertiary alicyclic amines) is 1. The second-order valence-electron chi connectivity index (χ2n) is 8.07. The maximum Gasteiger partial charge on any atom is 0.273 e. The van der Waals surface area contributed by atoms with Gasteiger partial charge in [0.05, 0.1) is 11.8 Å². The predicted molar refractivity (Wildman–Crippen MR) is 111 cm³/mol. The Labute approximate surface area is 170 Å². The van der Waals surface area contributed by atoms with E-state index in [-0.39, 0.29) is 5.91 Å². The molecule has 1 aliphatic carbocycles. The van der Waals surface area contributed by atoms with Crippen LogP contribution in [0.25, 0.3) is 6.08 Å². The van der Waals surface area contributed by atoms with Crippen LogP contribution in [0.15, 0.2) is 29.3 Å². The molecule has 1 saturated heterocycles. The van der Waals surface area contributed by atoms with Crippen LogP contribution in [0.3, 0.4) is 0 Å². The third-order valence-corrected chi connectivity index (χ3v) is 6.14. The lowest BCUT2D eigenvalue weighted by Crippen LogP contribution is -2.29. The Morgan fingerprint density at radius 3 is 2.76 bits per heavy atom. The molecule has 2 N–H and O–H groups in total. The SMILES string of the molecule is O=C1NN=C(c2cnccn2)/C1=C\c1[nH]c2c(c1CN1CCCCC1)CCCC2. The number of H-pyrrole nitrogens is 1. The van der Waals surface area contributed by atoms with E-state index in [2.05, 4.69) is 30.4 Å². The van der Waals surface area contributed by atoms with Crippen molar-refractivity contribution in [1.82, 2.24) is 25.3 Å². The van der Waals surface area contributed by atoms with E-state index in [1.165, 1.54) is 48.9 Å². The molecule has 0 bridgehead atoms. The molecular weight excluding hydrogens is 364 g/mol. The van der Waals surface area contributed by atoms with Gasteiger partial charge in [-0.1, -0.05) is 6.42 Å². The number of aryl methyl sites for hydroxylation is 1. The van der Waals surface area contributed by atoms with Gasteiger partial charge >= 0.3 is 0 Å². The number of amides is 1. The summed E-state index contributed by atoms with van der Waals surface area (Å²) in [6, 6.07) is 0. The summed E-state index contributed by atoms with van der Waals surface area (Å²) in [6.45, 7) is 3.26. The molecule has 0 unspecified atom stereocenters. The first kappa shape index (κ1) is 18.2. The Kier molecular flexibility index (Phi) is 4.97. The van der Waals surface area contributed by atoms with Gasteiger partial charge in [0, 0.05) is 30.3 Å². The summed E-state index contributed by atoms with van der Waals surface area (Å²) in [5.41, 5.74) is 9.50. The molecule has 0 atom stereocenters. The van der Waals surface area contributed by atoms with E-state index < -0.39 is 0 Å². The highest BCUT2D eigenvalue weighted by molar-refractivity contribution is 6.32. The lowest BCUT2D eigenvalue weighted by Gasteiger charge is -2.27. The van der Waals surface area contributed by atoms with E-state index >= 15 is 0 Å². The highest BCUT2D eigenvalue weighted by Crippen LogP contribution is 2.31. The van der Waals surface area contributed by atoms with Crippen LogP contribution in [0.1, 0.15) is 60.3 Å². The van der Waals surface area contributed by atoms with Gasteiger partial charge < -0.3 is 4.98 Å². The van der Waals surface area contributed by atoms with Crippen molar-refractivity contribution in [3.8, 4) is 0 Å². The molecule has 1 fully saturated rings. The largest absolute Gasteiger partial charge is 0.358 e. The minimum Gasteiger partial charge on any atom is -0.358 e. The van der Waals surface area contributed by atoms with Gasteiger partial charge in [-0.15, -0.1) is 0 Å². The van der Waals surface area contributed by atoms with Crippen molar-refractivity contribution in [2.75, 3.05) is 13.1 Å². The molecule has 4 heterocycles. The van der Waals surface area contributed by atoms with Gasteiger partial charge in [-0.3, -0.25) is 19.7 Å². The minimum absolute atomic E-state index is 0.192. The maximum atomic E-state index is 12.5. The topological polar surface area (TPSA) is 86.3 Å². The first-order chi connectivity index (χ1) is 14.3. The van der Waals surface area contributed by atoms with Crippen molar-refractivity contribution in [1.29, 1.82) is 0 Å². The molecule has 0 radical (unpaired) electrons. The zero-order valence-electron chi connectivity index (χ0n) is 16.6. The first-order valence-corrected chi connectivity index (χ1v) is 10.6. The summed E-state index contributed by atoms with van der Waals surface area (Å²) in [6.07, 6.45) is 15.4. The zero-order chi connectivity index (χ0) is 19.6. The molecule has 2 aromatic rings. The number of rotatable bonds is 4. The van der Waals surface area contributed by atoms with Crippen molar-refractivity contribution in [3.63, 3.8) is 0 Å². The van der Waals surface area contributed by atoms with Crippen molar-refractivity contribution < 1.29 is 4.79 Å². The Balaban J connectivity index is 1.53. The van der Waals surface area contributed by atoms with E-state index in [0.717, 1.165) is 38.2 Å². The Morgan fingerprint density at radius 1 is 1.07 bits per heavy atom. The van der Waals surface area contributed by atoms with E-state index in [1.807, 2.05) is 6.08 Å². The average molecular weight is 390 g/mol. The highest BCUT2D eigenvalue weighted by atomic mass is 16.2. The van der Waals surface area contributed by atoms with Crippen LogP contribution in [0.5, 0.6) is 0 Å². The molecule has 3 aliphatic rings. The van der Waals surface area contributed by atoms with Gasteiger partial charge in [0.15, 0.2) is 0 Å². The van der Waals surface area contributed by atoms with Crippen LogP contribution in [0, 0.1) is 0 Å². The Hall–Kier alpha value is -2.80. The number of aromatic nitrogens is 3. The maximum absolute atomic E-state index is 12.5. The fourth-order valence-corrected chi connectivity index (χ4v) is 4.65. The number of carbonyl (C=O) groups is 1. The van der Waals surface area contributed by atoms with Crippen LogP contribution < -0.4 is 5.43 Å². The standard InChI is InChI=1S/C22H26N6O/c29-22-16(21(26-27-22)20-13-23-8-9-24-20)12-19-17(14-28-10-4-1-5-11-28)15-6-2-3-7-18(15)25-19/h8-9,12-13,25H,1-7,10-11,14H2,(H,27,29)/b16-12+. The molecule has 7 nitrogen and oxygen atoms in total. The summed E-state index contributed by atoms with van der Waals surface area (Å²) >= 11 is 0. The van der Waals surface area contributed by atoms with Crippen LogP contribution in [0.4, 0.5) is 0 Å². The second kappa shape index (κ2) is 7.91. The average Bonchev–Trinajstić information content (AvgIpc) is 3.30. The molecule has 0 saturated carbocycles. The van der Waals surface area contributed by atoms with Crippen molar-refractivity contribution in [2.45, 2.75) is 51.5 Å². The molecule has 0 aromatic carbocycles. The normalized spacial score (nSPS) is 21.2. The number of carbonyl (C=O) groups excluding carboxylic acids is 1. The van der Waals surface area contributed by atoms with Crippen molar-refractivity contribution in [3.05, 3.63) is 52.4 Å². The van der Waals surface area contributed by atoms with Crippen LogP contribution in [-0.4, -0.2) is 44.6 Å². The van der Waals surface area contributed by atoms with Crippen LogP contribution in [-0.2, 0) is 24.2 Å². The minimum atomic E-state index is -0.192. The summed E-state index contributed by atoms with van der Waals surface area (Å²) < 4.78 is 0. The smallest absolute Gasteiger partial charge is 0.273 e. The molecule has 5 rings (SSSR count). The number of nitrogens with one attached hydrogen (secondary N) is 2. The fraction of sp³-hybridized carbons (Fsp3) is 0.455. The van der Waals surface area contributed by atoms with E-state index in [9.17, 15) is 4.79 Å². The number of hydrazone groups is 1. The number of fused-ring (bicyclic) bond motifs is 1. The Bertz CT molecular complexity index is 969. The van der Waals surface area contributed by atoms with Crippen molar-refractivity contribution >= 4 is 17.7 Å². The molecule has 2 aliphatic heterocycles. The lowest BCUT2D eigenvalue weighted by molar-refractivity contribution is -0.116. The van der Waals surface area contributed by atoms with Crippen LogP contribution >= 0.6 is 0 Å². The number of hydrogen-bond donors (Lipinski definition) is 2. The van der Waals surface area contributed by atoms with Gasteiger partial charge in [0.25, 0.3) is 5.91 Å². The third kappa shape index (κ3) is 3.62. The second-order valence-corrected chi connectivity index (χ2v) is 8.07. The van der Waals surface area contributed by atoms with Crippen LogP contribution in [0.2, 0.25) is 0 Å². The van der Waals surface area contributed by atoms with E-state index in [4.69, 9.17) is 0 Å². The van der Waals surface area contributed by atoms with Gasteiger partial charge in [-0.05, 0) is 68.8 Å². The summed E-state index contributed by atoms with van der Waals surface area (Å²) in [5.74, 6) is -0.192. The van der Waals surface area contributed by atoms with E-state index in [0.29, 0.717) is 17.0 Å². The molecule has 7 heteroatoms. The molecule has 29 heavy (non-hydrogen) atoms. The number of piperidine rings is 1. The van der Waals surface area contributed by atoms with Gasteiger partial charge in [-0.25, -0.2) is 5.43 Å². The number of nitrogens with zero attached hydrogens (tertiary/aromatic N) is 4. The quantitative estimate of drug-likeness (QED) is 0.786. The molecule has 2 aromatic heterocycles. The zero-order valence-corrected chi connectivity index (χ0v) is 16.6. The Morgan fingerprint density at radius 2 is 1.93 bits per heavy atom. The fourth-order valence-electron chi connectivity index (χ4n) is 4.65. The third-order valence-electron chi connectivity index (χ3n) is 6.14.